The maximum atomic E-state index is 12.6. The van der Waals surface area contributed by atoms with Gasteiger partial charge in [0.15, 0.2) is 0 Å². The van der Waals surface area contributed by atoms with Gasteiger partial charge in [-0.2, -0.15) is 0 Å². The number of hydrogen-bond acceptors (Lipinski definition) is 5. The van der Waals surface area contributed by atoms with Crippen molar-refractivity contribution in [3.8, 4) is 11.1 Å². The molecule has 1 amide bonds. The number of nitrogens with one attached hydrogen (secondary N) is 1. The van der Waals surface area contributed by atoms with E-state index in [-0.39, 0.29) is 5.91 Å². The molecule has 0 saturated carbocycles. The number of thiophene rings is 1. The Kier molecular flexibility index (Phi) is 4.75. The zero-order valence-corrected chi connectivity index (χ0v) is 15.7. The summed E-state index contributed by atoms with van der Waals surface area (Å²) in [7, 11) is 1.61. The maximum Gasteiger partial charge on any atom is 0.260 e. The number of pyridine rings is 1. The summed E-state index contributed by atoms with van der Waals surface area (Å²) in [5.74, 6) is -0.187. The second kappa shape index (κ2) is 7.35. The number of hydrogen-bond donors (Lipinski definition) is 1. The fourth-order valence-electron chi connectivity index (χ4n) is 3.24. The summed E-state index contributed by atoms with van der Waals surface area (Å²) < 4.78 is 5.43. The van der Waals surface area contributed by atoms with Gasteiger partial charge in [0.25, 0.3) is 5.91 Å². The van der Waals surface area contributed by atoms with E-state index in [1.807, 2.05) is 30.3 Å². The number of benzene rings is 1. The van der Waals surface area contributed by atoms with Crippen molar-refractivity contribution in [1.82, 2.24) is 10.3 Å². The van der Waals surface area contributed by atoms with Gasteiger partial charge in [-0.3, -0.25) is 9.78 Å². The summed E-state index contributed by atoms with van der Waals surface area (Å²) in [6, 6.07) is 9.82. The number of carbonyl (C=O) groups is 1. The standard InChI is InChI=1S/C20H18N4O2S/c1-21-17-16(14-11-13-5-3-4-6-15(13)23-12-14)18(19(25)22-2)27-20(17)24-7-9-26-10-8-24/h3-6,11-12H,7-10H2,2H3,(H,22,25). The van der Waals surface area contributed by atoms with Crippen molar-refractivity contribution in [3.63, 3.8) is 0 Å². The Hall–Kier alpha value is -2.95. The molecule has 0 radical (unpaired) electrons. The van der Waals surface area contributed by atoms with Crippen molar-refractivity contribution in [3.05, 3.63) is 52.8 Å². The third-order valence-electron chi connectivity index (χ3n) is 4.59. The smallest absolute Gasteiger partial charge is 0.260 e. The van der Waals surface area contributed by atoms with E-state index in [2.05, 4.69) is 20.0 Å². The van der Waals surface area contributed by atoms with Gasteiger partial charge in [0.1, 0.15) is 0 Å². The van der Waals surface area contributed by atoms with Crippen molar-refractivity contribution < 1.29 is 9.53 Å². The van der Waals surface area contributed by atoms with E-state index in [0.29, 0.717) is 42.4 Å². The zero-order chi connectivity index (χ0) is 18.8. The number of anilines is 1. The van der Waals surface area contributed by atoms with Gasteiger partial charge in [0.2, 0.25) is 5.69 Å². The molecule has 1 aliphatic rings. The topological polar surface area (TPSA) is 58.8 Å². The van der Waals surface area contributed by atoms with Gasteiger partial charge in [-0.05, 0) is 17.7 Å². The van der Waals surface area contributed by atoms with E-state index in [1.165, 1.54) is 11.3 Å². The number of para-hydroxylation sites is 1. The quantitative estimate of drug-likeness (QED) is 0.706. The van der Waals surface area contributed by atoms with Crippen LogP contribution in [0, 0.1) is 6.57 Å². The molecule has 1 aliphatic heterocycles. The molecule has 2 aromatic heterocycles. The average molecular weight is 378 g/mol. The molecule has 1 saturated heterocycles. The second-order valence-corrected chi connectivity index (χ2v) is 7.17. The maximum absolute atomic E-state index is 12.6. The lowest BCUT2D eigenvalue weighted by atomic mass is 10.0. The predicted molar refractivity (Wildman–Crippen MR) is 108 cm³/mol. The Morgan fingerprint density at radius 1 is 1.33 bits per heavy atom. The van der Waals surface area contributed by atoms with Crippen LogP contribution in [0.5, 0.6) is 0 Å². The molecule has 0 unspecified atom stereocenters. The van der Waals surface area contributed by atoms with E-state index >= 15 is 0 Å². The lowest BCUT2D eigenvalue weighted by molar-refractivity contribution is 0.0967. The first kappa shape index (κ1) is 17.5. The van der Waals surface area contributed by atoms with Gasteiger partial charge >= 0.3 is 0 Å². The van der Waals surface area contributed by atoms with Crippen LogP contribution in [0.3, 0.4) is 0 Å². The molecule has 136 valence electrons. The van der Waals surface area contributed by atoms with Crippen LogP contribution >= 0.6 is 11.3 Å². The second-order valence-electron chi connectivity index (χ2n) is 6.17. The van der Waals surface area contributed by atoms with Gasteiger partial charge in [0, 0.05) is 37.3 Å². The number of nitrogens with zero attached hydrogens (tertiary/aromatic N) is 3. The van der Waals surface area contributed by atoms with Crippen molar-refractivity contribution in [2.75, 3.05) is 38.3 Å². The van der Waals surface area contributed by atoms with Crippen molar-refractivity contribution in [2.24, 2.45) is 0 Å². The van der Waals surface area contributed by atoms with E-state index < -0.39 is 0 Å². The monoisotopic (exact) mass is 378 g/mol. The Balaban J connectivity index is 1.92. The number of carbonyl (C=O) groups excluding carboxylic acids is 1. The zero-order valence-electron chi connectivity index (χ0n) is 14.9. The van der Waals surface area contributed by atoms with Crippen molar-refractivity contribution in [1.29, 1.82) is 0 Å². The highest BCUT2D eigenvalue weighted by Gasteiger charge is 2.27. The molecule has 0 spiro atoms. The van der Waals surface area contributed by atoms with Crippen molar-refractivity contribution >= 4 is 38.8 Å². The predicted octanol–water partition coefficient (Wildman–Crippen LogP) is 3.71. The first-order valence-electron chi connectivity index (χ1n) is 8.67. The van der Waals surface area contributed by atoms with Gasteiger partial charge in [0.05, 0.1) is 35.2 Å². The molecule has 6 nitrogen and oxygen atoms in total. The van der Waals surface area contributed by atoms with Gasteiger partial charge in [-0.25, -0.2) is 4.85 Å². The van der Waals surface area contributed by atoms with Crippen LogP contribution in [0.15, 0.2) is 36.5 Å². The first-order valence-corrected chi connectivity index (χ1v) is 9.48. The molecule has 1 N–H and O–H groups in total. The van der Waals surface area contributed by atoms with E-state index in [1.54, 1.807) is 13.2 Å². The Bertz CT molecular complexity index is 1050. The molecular weight excluding hydrogens is 360 g/mol. The fourth-order valence-corrected chi connectivity index (χ4v) is 4.50. The number of rotatable bonds is 3. The lowest BCUT2D eigenvalue weighted by Crippen LogP contribution is -2.35. The minimum Gasteiger partial charge on any atom is -0.378 e. The molecule has 0 atom stereocenters. The van der Waals surface area contributed by atoms with Crippen LogP contribution in [-0.2, 0) is 4.74 Å². The number of aromatic nitrogens is 1. The number of ether oxygens (including phenoxy) is 1. The van der Waals surface area contributed by atoms with Gasteiger partial charge in [-0.15, -0.1) is 11.3 Å². The molecule has 7 heteroatoms. The first-order chi connectivity index (χ1) is 13.2. The van der Waals surface area contributed by atoms with Crippen LogP contribution < -0.4 is 10.2 Å². The Morgan fingerprint density at radius 2 is 2.11 bits per heavy atom. The third-order valence-corrected chi connectivity index (χ3v) is 5.83. The molecule has 3 heterocycles. The summed E-state index contributed by atoms with van der Waals surface area (Å²) in [6.07, 6.45) is 1.74. The highest BCUT2D eigenvalue weighted by Crippen LogP contribution is 2.48. The number of fused-ring (bicyclic) bond motifs is 1. The molecule has 1 fully saturated rings. The van der Waals surface area contributed by atoms with Crippen LogP contribution in [0.4, 0.5) is 10.7 Å². The highest BCUT2D eigenvalue weighted by molar-refractivity contribution is 7.19. The van der Waals surface area contributed by atoms with Crippen LogP contribution in [0.2, 0.25) is 0 Å². The van der Waals surface area contributed by atoms with Crippen LogP contribution in [0.1, 0.15) is 9.67 Å². The number of amides is 1. The summed E-state index contributed by atoms with van der Waals surface area (Å²) in [4.78, 5) is 23.6. The van der Waals surface area contributed by atoms with Crippen molar-refractivity contribution in [2.45, 2.75) is 0 Å². The lowest BCUT2D eigenvalue weighted by Gasteiger charge is -2.28. The minimum atomic E-state index is -0.187. The van der Waals surface area contributed by atoms with Gasteiger partial charge < -0.3 is 15.0 Å². The minimum absolute atomic E-state index is 0.187. The Labute approximate surface area is 161 Å². The number of morpholine rings is 1. The molecule has 4 rings (SSSR count). The summed E-state index contributed by atoms with van der Waals surface area (Å²) in [5.41, 5.74) is 2.84. The highest BCUT2D eigenvalue weighted by atomic mass is 32.1. The normalized spacial score (nSPS) is 14.1. The summed E-state index contributed by atoms with van der Waals surface area (Å²) in [5, 5.41) is 4.51. The molecule has 0 aliphatic carbocycles. The summed E-state index contributed by atoms with van der Waals surface area (Å²) >= 11 is 1.37. The molecule has 27 heavy (non-hydrogen) atoms. The van der Waals surface area contributed by atoms with E-state index in [0.717, 1.165) is 21.5 Å². The molecule has 1 aromatic carbocycles. The Morgan fingerprint density at radius 3 is 2.85 bits per heavy atom. The van der Waals surface area contributed by atoms with Gasteiger partial charge in [-0.1, -0.05) is 18.2 Å². The largest absolute Gasteiger partial charge is 0.378 e. The average Bonchev–Trinajstić information content (AvgIpc) is 3.13. The molecule has 3 aromatic rings. The van der Waals surface area contributed by atoms with Crippen LogP contribution in [0.25, 0.3) is 26.9 Å². The SMILES string of the molecule is [C-]#[N+]c1c(N2CCOCC2)sc(C(=O)NC)c1-c1cnc2ccccc2c1. The summed E-state index contributed by atoms with van der Waals surface area (Å²) in [6.45, 7) is 10.5. The van der Waals surface area contributed by atoms with E-state index in [4.69, 9.17) is 11.3 Å². The van der Waals surface area contributed by atoms with Crippen LogP contribution in [-0.4, -0.2) is 44.2 Å². The molecule has 0 bridgehead atoms. The third kappa shape index (κ3) is 3.14. The van der Waals surface area contributed by atoms with E-state index in [9.17, 15) is 4.79 Å². The fraction of sp³-hybridized carbons (Fsp3) is 0.250. The molecular formula is C20H18N4O2S.